The molecule has 2 atom stereocenters. The first kappa shape index (κ1) is 17.9. The van der Waals surface area contributed by atoms with Crippen molar-refractivity contribution in [2.24, 2.45) is 0 Å². The Morgan fingerprint density at radius 1 is 1.17 bits per heavy atom. The van der Waals surface area contributed by atoms with Gasteiger partial charge >= 0.3 is 0 Å². The van der Waals surface area contributed by atoms with Gasteiger partial charge in [0, 0.05) is 19.8 Å². The van der Waals surface area contributed by atoms with Gasteiger partial charge < -0.3 is 14.8 Å². The van der Waals surface area contributed by atoms with Crippen LogP contribution in [-0.4, -0.2) is 38.0 Å². The number of methoxy groups -OCH3 is 1. The molecule has 0 aromatic carbocycles. The molecule has 0 rings (SSSR count). The van der Waals surface area contributed by atoms with Crippen molar-refractivity contribution in [1.29, 1.82) is 0 Å². The van der Waals surface area contributed by atoms with E-state index in [9.17, 15) is 0 Å². The molecule has 0 bridgehead atoms. The van der Waals surface area contributed by atoms with Gasteiger partial charge in [0.05, 0.1) is 11.7 Å². The first-order valence-corrected chi connectivity index (χ1v) is 7.40. The summed E-state index contributed by atoms with van der Waals surface area (Å²) in [7, 11) is 1.79. The quantitative estimate of drug-likeness (QED) is 0.617. The van der Waals surface area contributed by atoms with Gasteiger partial charge in [-0.05, 0) is 53.0 Å². The predicted octanol–water partition coefficient (Wildman–Crippen LogP) is 3.37. The molecule has 0 heterocycles. The van der Waals surface area contributed by atoms with Gasteiger partial charge in [0.2, 0.25) is 0 Å². The zero-order valence-electron chi connectivity index (χ0n) is 13.2. The Bertz CT molecular complexity index is 195. The second kappa shape index (κ2) is 9.76. The highest BCUT2D eigenvalue weighted by Gasteiger charge is 2.24. The molecule has 0 amide bonds. The lowest BCUT2D eigenvalue weighted by molar-refractivity contribution is -0.00479. The Morgan fingerprint density at radius 3 is 2.28 bits per heavy atom. The van der Waals surface area contributed by atoms with Crippen molar-refractivity contribution in [3.05, 3.63) is 0 Å². The Labute approximate surface area is 114 Å². The van der Waals surface area contributed by atoms with Crippen LogP contribution in [0.2, 0.25) is 0 Å². The van der Waals surface area contributed by atoms with Gasteiger partial charge in [-0.15, -0.1) is 0 Å². The topological polar surface area (TPSA) is 30.5 Å². The van der Waals surface area contributed by atoms with E-state index in [1.807, 2.05) is 0 Å². The van der Waals surface area contributed by atoms with E-state index in [4.69, 9.17) is 9.47 Å². The minimum atomic E-state index is -0.0450. The van der Waals surface area contributed by atoms with E-state index in [1.54, 1.807) is 7.11 Å². The lowest BCUT2D eigenvalue weighted by Gasteiger charge is -2.31. The zero-order chi connectivity index (χ0) is 14.0. The fourth-order valence-electron chi connectivity index (χ4n) is 2.09. The summed E-state index contributed by atoms with van der Waals surface area (Å²) in [5, 5.41) is 3.62. The van der Waals surface area contributed by atoms with Crippen molar-refractivity contribution < 1.29 is 9.47 Å². The summed E-state index contributed by atoms with van der Waals surface area (Å²) in [6, 6.07) is 0.435. The van der Waals surface area contributed by atoms with Crippen molar-refractivity contribution in [2.75, 3.05) is 20.3 Å². The van der Waals surface area contributed by atoms with Gasteiger partial charge in [-0.25, -0.2) is 0 Å². The highest BCUT2D eigenvalue weighted by Crippen LogP contribution is 2.19. The van der Waals surface area contributed by atoms with Crippen LogP contribution in [0.25, 0.3) is 0 Å². The van der Waals surface area contributed by atoms with Crippen molar-refractivity contribution in [3.8, 4) is 0 Å². The zero-order valence-corrected chi connectivity index (χ0v) is 13.2. The summed E-state index contributed by atoms with van der Waals surface area (Å²) in [5.41, 5.74) is -0.0450. The molecule has 18 heavy (non-hydrogen) atoms. The highest BCUT2D eigenvalue weighted by molar-refractivity contribution is 4.80. The normalized spacial score (nSPS) is 15.7. The van der Waals surface area contributed by atoms with Crippen molar-refractivity contribution in [1.82, 2.24) is 5.32 Å². The van der Waals surface area contributed by atoms with E-state index in [-0.39, 0.29) is 5.60 Å². The van der Waals surface area contributed by atoms with Gasteiger partial charge in [0.15, 0.2) is 0 Å². The molecule has 3 heteroatoms. The number of nitrogens with one attached hydrogen (secondary N) is 1. The lowest BCUT2D eigenvalue weighted by atomic mass is 9.95. The molecule has 0 aliphatic rings. The first-order valence-electron chi connectivity index (χ1n) is 7.40. The summed E-state index contributed by atoms with van der Waals surface area (Å²) in [6.45, 7) is 12.6. The Hall–Kier alpha value is -0.120. The van der Waals surface area contributed by atoms with E-state index in [1.165, 1.54) is 0 Å². The van der Waals surface area contributed by atoms with Crippen LogP contribution in [0.5, 0.6) is 0 Å². The molecule has 0 aliphatic carbocycles. The van der Waals surface area contributed by atoms with Crippen LogP contribution in [0.4, 0.5) is 0 Å². The van der Waals surface area contributed by atoms with Crippen molar-refractivity contribution >= 4 is 0 Å². The molecule has 0 radical (unpaired) electrons. The molecule has 0 aromatic rings. The van der Waals surface area contributed by atoms with Gasteiger partial charge in [0.1, 0.15) is 0 Å². The fourth-order valence-corrected chi connectivity index (χ4v) is 2.09. The predicted molar refractivity (Wildman–Crippen MR) is 78.1 cm³/mol. The van der Waals surface area contributed by atoms with Gasteiger partial charge in [-0.1, -0.05) is 13.8 Å². The smallest absolute Gasteiger partial charge is 0.0725 e. The van der Waals surface area contributed by atoms with E-state index in [0.29, 0.717) is 12.1 Å². The van der Waals surface area contributed by atoms with Crippen LogP contribution in [0.15, 0.2) is 0 Å². The molecule has 1 N–H and O–H groups in total. The summed E-state index contributed by atoms with van der Waals surface area (Å²) in [5.74, 6) is 0. The third kappa shape index (κ3) is 7.34. The second-order valence-electron chi connectivity index (χ2n) is 5.47. The number of hydrogen-bond acceptors (Lipinski definition) is 3. The SMILES string of the molecule is CCCNC(CCC(C)(C)OC)C(CC)OCC. The monoisotopic (exact) mass is 259 g/mol. The minimum absolute atomic E-state index is 0.0450. The average Bonchev–Trinajstić information content (AvgIpc) is 2.37. The molecule has 0 saturated heterocycles. The van der Waals surface area contributed by atoms with Crippen LogP contribution in [-0.2, 0) is 9.47 Å². The Kier molecular flexibility index (Phi) is 9.70. The standard InChI is InChI=1S/C15H33NO2/c1-7-12-16-13(14(8-2)18-9-3)10-11-15(4,5)17-6/h13-14,16H,7-12H2,1-6H3. The summed E-state index contributed by atoms with van der Waals surface area (Å²) in [4.78, 5) is 0. The summed E-state index contributed by atoms with van der Waals surface area (Å²) in [6.07, 6.45) is 4.68. The van der Waals surface area contributed by atoms with E-state index in [2.05, 4.69) is 39.9 Å². The van der Waals surface area contributed by atoms with Gasteiger partial charge in [-0.3, -0.25) is 0 Å². The Morgan fingerprint density at radius 2 is 1.83 bits per heavy atom. The van der Waals surface area contributed by atoms with Crippen molar-refractivity contribution in [3.63, 3.8) is 0 Å². The molecule has 110 valence electrons. The lowest BCUT2D eigenvalue weighted by Crippen LogP contribution is -2.43. The van der Waals surface area contributed by atoms with Gasteiger partial charge in [0.25, 0.3) is 0 Å². The minimum Gasteiger partial charge on any atom is -0.379 e. The number of rotatable bonds is 11. The molecule has 3 nitrogen and oxygen atoms in total. The molecule has 0 aliphatic heterocycles. The first-order chi connectivity index (χ1) is 8.50. The van der Waals surface area contributed by atoms with E-state index in [0.717, 1.165) is 38.8 Å². The molecule has 0 spiro atoms. The maximum Gasteiger partial charge on any atom is 0.0725 e. The molecular weight excluding hydrogens is 226 g/mol. The molecule has 2 unspecified atom stereocenters. The number of hydrogen-bond donors (Lipinski definition) is 1. The third-order valence-electron chi connectivity index (χ3n) is 3.50. The van der Waals surface area contributed by atoms with E-state index < -0.39 is 0 Å². The third-order valence-corrected chi connectivity index (χ3v) is 3.50. The summed E-state index contributed by atoms with van der Waals surface area (Å²) >= 11 is 0. The molecule has 0 fully saturated rings. The van der Waals surface area contributed by atoms with Gasteiger partial charge in [-0.2, -0.15) is 0 Å². The fraction of sp³-hybridized carbons (Fsp3) is 1.00. The largest absolute Gasteiger partial charge is 0.379 e. The second-order valence-corrected chi connectivity index (χ2v) is 5.47. The van der Waals surface area contributed by atoms with Crippen LogP contribution >= 0.6 is 0 Å². The highest BCUT2D eigenvalue weighted by atomic mass is 16.5. The van der Waals surface area contributed by atoms with Crippen LogP contribution in [0.1, 0.15) is 60.3 Å². The van der Waals surface area contributed by atoms with Crippen molar-refractivity contribution in [2.45, 2.75) is 78.0 Å². The maximum atomic E-state index is 5.85. The van der Waals surface area contributed by atoms with Crippen LogP contribution < -0.4 is 5.32 Å². The average molecular weight is 259 g/mol. The maximum absolute atomic E-state index is 5.85. The van der Waals surface area contributed by atoms with Crippen LogP contribution in [0, 0.1) is 0 Å². The molecular formula is C15H33NO2. The van der Waals surface area contributed by atoms with Crippen LogP contribution in [0.3, 0.4) is 0 Å². The number of ether oxygens (including phenoxy) is 2. The van der Waals surface area contributed by atoms with E-state index >= 15 is 0 Å². The summed E-state index contributed by atoms with van der Waals surface area (Å²) < 4.78 is 11.3. The Balaban J connectivity index is 4.36. The molecule has 0 saturated carbocycles. The molecule has 0 aromatic heterocycles.